The third-order valence-electron chi connectivity index (χ3n) is 4.33. The largest absolute Gasteiger partial charge is 0.465 e. The van der Waals surface area contributed by atoms with Gasteiger partial charge in [0.2, 0.25) is 0 Å². The maximum atomic E-state index is 12.2. The number of fused-ring (bicyclic) bond motifs is 3. The molecule has 0 aliphatic carbocycles. The van der Waals surface area contributed by atoms with E-state index in [1.54, 1.807) is 30.3 Å². The van der Waals surface area contributed by atoms with Crippen LogP contribution in [0.3, 0.4) is 0 Å². The number of esters is 1. The highest BCUT2D eigenvalue weighted by Crippen LogP contribution is 2.44. The van der Waals surface area contributed by atoms with Crippen LogP contribution in [0.15, 0.2) is 65.1 Å². The van der Waals surface area contributed by atoms with Gasteiger partial charge in [-0.05, 0) is 22.9 Å². The number of methoxy groups -OCH3 is 1. The molecule has 0 N–H and O–H groups in total. The van der Waals surface area contributed by atoms with Crippen molar-refractivity contribution < 1.29 is 18.9 Å². The summed E-state index contributed by atoms with van der Waals surface area (Å²) in [7, 11) is 1.27. The number of carbonyl (C=O) groups excluding carboxylic acids is 1. The molecule has 6 nitrogen and oxygen atoms in total. The molecule has 0 spiro atoms. The zero-order valence-corrected chi connectivity index (χ0v) is 13.8. The van der Waals surface area contributed by atoms with Gasteiger partial charge < -0.3 is 9.15 Å². The molecule has 0 saturated carbocycles. The number of rotatable bonds is 3. The summed E-state index contributed by atoms with van der Waals surface area (Å²) in [5.74, 6) is -0.961. The molecule has 128 valence electrons. The van der Waals surface area contributed by atoms with Gasteiger partial charge in [-0.15, -0.1) is 0 Å². The average molecular weight is 347 g/mol. The molecule has 0 aliphatic rings. The summed E-state index contributed by atoms with van der Waals surface area (Å²) >= 11 is 0. The lowest BCUT2D eigenvalue weighted by Crippen LogP contribution is -2.03. The summed E-state index contributed by atoms with van der Waals surface area (Å²) < 4.78 is 10.4. The predicted molar refractivity (Wildman–Crippen MR) is 97.1 cm³/mol. The van der Waals surface area contributed by atoms with E-state index in [-0.39, 0.29) is 11.1 Å². The highest BCUT2D eigenvalue weighted by atomic mass is 16.6. The fourth-order valence-corrected chi connectivity index (χ4v) is 3.22. The van der Waals surface area contributed by atoms with E-state index in [0.29, 0.717) is 16.5 Å². The van der Waals surface area contributed by atoms with E-state index >= 15 is 0 Å². The van der Waals surface area contributed by atoms with Crippen LogP contribution < -0.4 is 0 Å². The van der Waals surface area contributed by atoms with Crippen molar-refractivity contribution in [3.8, 4) is 11.1 Å². The second kappa shape index (κ2) is 6.00. The summed E-state index contributed by atoms with van der Waals surface area (Å²) in [4.78, 5) is 23.3. The number of ether oxygens (including phenoxy) is 1. The minimum absolute atomic E-state index is 0.244. The van der Waals surface area contributed by atoms with Crippen molar-refractivity contribution in [2.24, 2.45) is 0 Å². The average Bonchev–Trinajstić information content (AvgIpc) is 3.07. The van der Waals surface area contributed by atoms with Crippen LogP contribution in [-0.2, 0) is 4.74 Å². The Morgan fingerprint density at radius 1 is 1.04 bits per heavy atom. The number of nitro groups is 1. The Bertz CT molecular complexity index is 1180. The number of carbonyl (C=O) groups is 1. The first-order valence-electron chi connectivity index (χ1n) is 7.88. The number of hydrogen-bond donors (Lipinski definition) is 0. The van der Waals surface area contributed by atoms with Gasteiger partial charge in [0, 0.05) is 10.9 Å². The topological polar surface area (TPSA) is 82.6 Å². The minimum Gasteiger partial charge on any atom is -0.465 e. The van der Waals surface area contributed by atoms with Gasteiger partial charge in [-0.1, -0.05) is 48.5 Å². The smallest absolute Gasteiger partial charge is 0.442 e. The van der Waals surface area contributed by atoms with Gasteiger partial charge >= 0.3 is 11.9 Å². The van der Waals surface area contributed by atoms with Gasteiger partial charge in [0.05, 0.1) is 12.7 Å². The fourth-order valence-electron chi connectivity index (χ4n) is 3.22. The fraction of sp³-hybridized carbons (Fsp3) is 0.0500. The molecule has 1 aromatic heterocycles. The second-order valence-corrected chi connectivity index (χ2v) is 5.74. The van der Waals surface area contributed by atoms with E-state index in [2.05, 4.69) is 0 Å². The molecule has 0 bridgehead atoms. The SMILES string of the molecule is COC(=O)c1ccccc1-c1c([N+](=O)[O-])oc2ccc3ccccc3c12. The zero-order valence-electron chi connectivity index (χ0n) is 13.8. The normalized spacial score (nSPS) is 11.0. The molecule has 4 aromatic rings. The van der Waals surface area contributed by atoms with Crippen molar-refractivity contribution in [2.75, 3.05) is 7.11 Å². The molecule has 0 radical (unpaired) electrons. The first-order chi connectivity index (χ1) is 12.6. The summed E-state index contributed by atoms with van der Waals surface area (Å²) in [5, 5.41) is 14.0. The number of benzene rings is 3. The molecule has 1 heterocycles. The second-order valence-electron chi connectivity index (χ2n) is 5.74. The third kappa shape index (κ3) is 2.31. The molecule has 0 atom stereocenters. The molecule has 0 fully saturated rings. The molecule has 6 heteroatoms. The van der Waals surface area contributed by atoms with Gasteiger partial charge in [0.25, 0.3) is 0 Å². The Morgan fingerprint density at radius 2 is 1.77 bits per heavy atom. The lowest BCUT2D eigenvalue weighted by Gasteiger charge is -2.07. The Labute approximate surface area is 147 Å². The Hall–Kier alpha value is -3.67. The molecule has 0 saturated heterocycles. The van der Waals surface area contributed by atoms with Crippen molar-refractivity contribution in [2.45, 2.75) is 0 Å². The monoisotopic (exact) mass is 347 g/mol. The molecule has 26 heavy (non-hydrogen) atoms. The van der Waals surface area contributed by atoms with E-state index in [1.807, 2.05) is 30.3 Å². The Kier molecular flexibility index (Phi) is 3.65. The standard InChI is InChI=1S/C20H13NO5/c1-25-20(22)15-9-5-4-8-14(15)18-17-13-7-3-2-6-12(13)10-11-16(17)26-19(18)21(23)24/h2-11H,1H3. The van der Waals surface area contributed by atoms with Crippen LogP contribution in [0.1, 0.15) is 10.4 Å². The van der Waals surface area contributed by atoms with Crippen LogP contribution >= 0.6 is 0 Å². The van der Waals surface area contributed by atoms with E-state index in [4.69, 9.17) is 9.15 Å². The highest BCUT2D eigenvalue weighted by Gasteiger charge is 2.29. The van der Waals surface area contributed by atoms with Gasteiger partial charge in [-0.3, -0.25) is 10.1 Å². The van der Waals surface area contributed by atoms with Crippen LogP contribution in [-0.4, -0.2) is 18.0 Å². The van der Waals surface area contributed by atoms with E-state index in [9.17, 15) is 14.9 Å². The highest BCUT2D eigenvalue weighted by molar-refractivity contribution is 6.16. The minimum atomic E-state index is -0.571. The quantitative estimate of drug-likeness (QED) is 0.297. The van der Waals surface area contributed by atoms with Gasteiger partial charge in [0.1, 0.15) is 16.1 Å². The number of nitrogens with zero attached hydrogens (tertiary/aromatic N) is 1. The molecule has 0 unspecified atom stereocenters. The van der Waals surface area contributed by atoms with Gasteiger partial charge in [-0.2, -0.15) is 0 Å². The van der Waals surface area contributed by atoms with Crippen LogP contribution in [0, 0.1) is 10.1 Å². The van der Waals surface area contributed by atoms with Crippen LogP contribution in [0.2, 0.25) is 0 Å². The molecule has 0 amide bonds. The molecular formula is C20H13NO5. The maximum absolute atomic E-state index is 12.2. The summed E-state index contributed by atoms with van der Waals surface area (Å²) in [6.45, 7) is 0. The van der Waals surface area contributed by atoms with Crippen LogP contribution in [0.25, 0.3) is 32.9 Å². The first-order valence-corrected chi connectivity index (χ1v) is 7.88. The van der Waals surface area contributed by atoms with Crippen molar-refractivity contribution >= 4 is 33.6 Å². The number of furan rings is 1. The zero-order chi connectivity index (χ0) is 18.3. The third-order valence-corrected chi connectivity index (χ3v) is 4.33. The van der Waals surface area contributed by atoms with Crippen LogP contribution in [0.5, 0.6) is 0 Å². The lowest BCUT2D eigenvalue weighted by molar-refractivity contribution is -0.400. The predicted octanol–water partition coefficient (Wildman–Crippen LogP) is 4.95. The molecule has 0 aliphatic heterocycles. The molecular weight excluding hydrogens is 334 g/mol. The number of hydrogen-bond acceptors (Lipinski definition) is 5. The van der Waals surface area contributed by atoms with E-state index in [1.165, 1.54) is 7.11 Å². The maximum Gasteiger partial charge on any atom is 0.442 e. The first kappa shape index (κ1) is 15.8. The van der Waals surface area contributed by atoms with E-state index in [0.717, 1.165) is 10.8 Å². The Morgan fingerprint density at radius 3 is 2.54 bits per heavy atom. The summed E-state index contributed by atoms with van der Waals surface area (Å²) in [6.07, 6.45) is 0. The van der Waals surface area contributed by atoms with Crippen LogP contribution in [0.4, 0.5) is 5.88 Å². The lowest BCUT2D eigenvalue weighted by atomic mass is 9.95. The summed E-state index contributed by atoms with van der Waals surface area (Å²) in [6, 6.07) is 17.7. The van der Waals surface area contributed by atoms with Crippen molar-refractivity contribution in [3.63, 3.8) is 0 Å². The van der Waals surface area contributed by atoms with Crippen molar-refractivity contribution in [3.05, 3.63) is 76.3 Å². The Balaban J connectivity index is 2.19. The van der Waals surface area contributed by atoms with Gasteiger partial charge in [0.15, 0.2) is 0 Å². The van der Waals surface area contributed by atoms with E-state index < -0.39 is 16.8 Å². The summed E-state index contributed by atoms with van der Waals surface area (Å²) in [5.41, 5.74) is 1.32. The molecule has 4 rings (SSSR count). The molecule has 3 aromatic carbocycles. The van der Waals surface area contributed by atoms with Crippen molar-refractivity contribution in [1.82, 2.24) is 0 Å². The van der Waals surface area contributed by atoms with Crippen molar-refractivity contribution in [1.29, 1.82) is 0 Å². The van der Waals surface area contributed by atoms with Gasteiger partial charge in [-0.25, -0.2) is 4.79 Å².